The summed E-state index contributed by atoms with van der Waals surface area (Å²) in [5.41, 5.74) is 3.01. The Labute approximate surface area is 199 Å². The van der Waals surface area contributed by atoms with Crippen LogP contribution in [0.15, 0.2) is 42.5 Å². The Morgan fingerprint density at radius 1 is 1.13 bits per heavy atom. The summed E-state index contributed by atoms with van der Waals surface area (Å²) in [7, 11) is 0. The van der Waals surface area contributed by atoms with E-state index < -0.39 is 6.04 Å². The topological polar surface area (TPSA) is 49.4 Å². The van der Waals surface area contributed by atoms with Gasteiger partial charge in [0, 0.05) is 34.5 Å². The minimum Gasteiger partial charge on any atom is -0.354 e. The molecule has 0 bridgehead atoms. The number of benzene rings is 2. The first-order valence-corrected chi connectivity index (χ1v) is 12.4. The van der Waals surface area contributed by atoms with Crippen LogP contribution in [0.3, 0.4) is 0 Å². The highest BCUT2D eigenvalue weighted by atomic mass is 35.5. The fourth-order valence-electron chi connectivity index (χ4n) is 3.11. The number of unbranched alkanes of at least 4 members (excludes halogenated alkanes) is 1. The lowest BCUT2D eigenvalue weighted by molar-refractivity contribution is -0.138. The van der Waals surface area contributed by atoms with Crippen LogP contribution in [0.2, 0.25) is 10.0 Å². The Morgan fingerprint density at radius 2 is 1.81 bits per heavy atom. The molecule has 7 heteroatoms. The Kier molecular flexibility index (Phi) is 10.7. The number of halogens is 2. The standard InChI is InChI=1S/C24H30Cl2N2O2S/c1-4-5-12-27-24(30)18(3)28(14-20-21(25)10-7-11-22(20)26)23(29)16-31-15-19-9-6-8-17(2)13-19/h6-11,13,18H,4-5,12,14-16H2,1-3H3,(H,27,30). The van der Waals surface area contributed by atoms with Crippen LogP contribution < -0.4 is 5.32 Å². The minimum absolute atomic E-state index is 0.119. The maximum absolute atomic E-state index is 13.1. The second kappa shape index (κ2) is 13.0. The molecule has 4 nitrogen and oxygen atoms in total. The van der Waals surface area contributed by atoms with E-state index in [2.05, 4.69) is 24.4 Å². The van der Waals surface area contributed by atoms with E-state index in [9.17, 15) is 9.59 Å². The summed E-state index contributed by atoms with van der Waals surface area (Å²) in [4.78, 5) is 27.4. The molecule has 0 aliphatic carbocycles. The van der Waals surface area contributed by atoms with E-state index in [1.54, 1.807) is 30.0 Å². The smallest absolute Gasteiger partial charge is 0.242 e. The Hall–Kier alpha value is -1.69. The van der Waals surface area contributed by atoms with E-state index in [-0.39, 0.29) is 24.1 Å². The van der Waals surface area contributed by atoms with Crippen LogP contribution in [-0.2, 0) is 21.9 Å². The van der Waals surface area contributed by atoms with Crippen molar-refractivity contribution < 1.29 is 9.59 Å². The van der Waals surface area contributed by atoms with Gasteiger partial charge in [0.15, 0.2) is 0 Å². The molecule has 0 aliphatic rings. The van der Waals surface area contributed by atoms with E-state index in [1.807, 2.05) is 19.1 Å². The molecule has 2 amide bonds. The van der Waals surface area contributed by atoms with Gasteiger partial charge in [-0.2, -0.15) is 0 Å². The van der Waals surface area contributed by atoms with Crippen LogP contribution in [0.4, 0.5) is 0 Å². The summed E-state index contributed by atoms with van der Waals surface area (Å²) in [6, 6.07) is 12.8. The number of amides is 2. The molecule has 2 aromatic carbocycles. The van der Waals surface area contributed by atoms with Gasteiger partial charge < -0.3 is 10.2 Å². The minimum atomic E-state index is -0.628. The van der Waals surface area contributed by atoms with Gasteiger partial charge in [0.1, 0.15) is 6.04 Å². The predicted molar refractivity (Wildman–Crippen MR) is 132 cm³/mol. The van der Waals surface area contributed by atoms with Gasteiger partial charge in [-0.1, -0.05) is 72.4 Å². The number of thioether (sulfide) groups is 1. The van der Waals surface area contributed by atoms with E-state index in [4.69, 9.17) is 23.2 Å². The van der Waals surface area contributed by atoms with Crippen LogP contribution in [-0.4, -0.2) is 35.1 Å². The molecule has 2 rings (SSSR count). The largest absolute Gasteiger partial charge is 0.354 e. The van der Waals surface area contributed by atoms with Crippen molar-refractivity contribution in [2.24, 2.45) is 0 Å². The fraction of sp³-hybridized carbons (Fsp3) is 0.417. The fourth-order valence-corrected chi connectivity index (χ4v) is 4.49. The summed E-state index contributed by atoms with van der Waals surface area (Å²) >= 11 is 14.2. The van der Waals surface area contributed by atoms with Gasteiger partial charge in [0.25, 0.3) is 0 Å². The summed E-state index contributed by atoms with van der Waals surface area (Å²) in [6.45, 7) is 6.64. The highest BCUT2D eigenvalue weighted by Crippen LogP contribution is 2.27. The zero-order chi connectivity index (χ0) is 22.8. The van der Waals surface area contributed by atoms with Crippen LogP contribution in [0.25, 0.3) is 0 Å². The van der Waals surface area contributed by atoms with Crippen LogP contribution in [0, 0.1) is 6.92 Å². The number of rotatable bonds is 11. The number of hydrogen-bond donors (Lipinski definition) is 1. The molecule has 2 aromatic rings. The van der Waals surface area contributed by atoms with Crippen molar-refractivity contribution in [3.05, 3.63) is 69.2 Å². The zero-order valence-electron chi connectivity index (χ0n) is 18.3. The number of hydrogen-bond acceptors (Lipinski definition) is 3. The van der Waals surface area contributed by atoms with Gasteiger partial charge in [-0.15, -0.1) is 11.8 Å². The summed E-state index contributed by atoms with van der Waals surface area (Å²) < 4.78 is 0. The highest BCUT2D eigenvalue weighted by molar-refractivity contribution is 7.99. The zero-order valence-corrected chi connectivity index (χ0v) is 20.6. The van der Waals surface area contributed by atoms with Crippen molar-refractivity contribution in [2.45, 2.75) is 52.0 Å². The Balaban J connectivity index is 2.11. The number of nitrogens with zero attached hydrogens (tertiary/aromatic N) is 1. The quantitative estimate of drug-likeness (QED) is 0.409. The van der Waals surface area contributed by atoms with Crippen molar-refractivity contribution in [2.75, 3.05) is 12.3 Å². The number of nitrogens with one attached hydrogen (secondary N) is 1. The molecule has 0 saturated heterocycles. The maximum atomic E-state index is 13.1. The first-order chi connectivity index (χ1) is 14.8. The lowest BCUT2D eigenvalue weighted by atomic mass is 10.1. The molecule has 0 radical (unpaired) electrons. The van der Waals surface area contributed by atoms with Gasteiger partial charge in [0.2, 0.25) is 11.8 Å². The molecule has 0 saturated carbocycles. The molecule has 0 spiro atoms. The second-order valence-electron chi connectivity index (χ2n) is 7.52. The molecule has 1 atom stereocenters. The molecule has 0 heterocycles. The average molecular weight is 481 g/mol. The summed E-state index contributed by atoms with van der Waals surface area (Å²) in [5, 5.41) is 3.88. The van der Waals surface area contributed by atoms with E-state index >= 15 is 0 Å². The Morgan fingerprint density at radius 3 is 2.45 bits per heavy atom. The molecular formula is C24H30Cl2N2O2S. The molecule has 31 heavy (non-hydrogen) atoms. The van der Waals surface area contributed by atoms with Crippen molar-refractivity contribution in [1.82, 2.24) is 10.2 Å². The first-order valence-electron chi connectivity index (χ1n) is 10.5. The monoisotopic (exact) mass is 480 g/mol. The van der Waals surface area contributed by atoms with Gasteiger partial charge in [-0.3, -0.25) is 9.59 Å². The van der Waals surface area contributed by atoms with Crippen molar-refractivity contribution in [3.63, 3.8) is 0 Å². The van der Waals surface area contributed by atoms with Crippen molar-refractivity contribution in [1.29, 1.82) is 0 Å². The van der Waals surface area contributed by atoms with Crippen LogP contribution in [0.1, 0.15) is 43.4 Å². The number of carbonyl (C=O) groups excluding carboxylic acids is 2. The van der Waals surface area contributed by atoms with Crippen LogP contribution in [0.5, 0.6) is 0 Å². The SMILES string of the molecule is CCCCNC(=O)C(C)N(Cc1c(Cl)cccc1Cl)C(=O)CSCc1cccc(C)c1. The van der Waals surface area contributed by atoms with E-state index in [0.29, 0.717) is 22.2 Å². The molecule has 168 valence electrons. The third-order valence-corrected chi connectivity index (χ3v) is 6.66. The first kappa shape index (κ1) is 25.6. The molecule has 0 fully saturated rings. The number of aryl methyl sites for hydroxylation is 1. The average Bonchev–Trinajstić information content (AvgIpc) is 2.73. The molecular weight excluding hydrogens is 451 g/mol. The molecule has 0 aliphatic heterocycles. The highest BCUT2D eigenvalue weighted by Gasteiger charge is 2.27. The normalized spacial score (nSPS) is 11.8. The lowest BCUT2D eigenvalue weighted by Gasteiger charge is -2.29. The maximum Gasteiger partial charge on any atom is 0.242 e. The van der Waals surface area contributed by atoms with Gasteiger partial charge in [0.05, 0.1) is 5.75 Å². The summed E-state index contributed by atoms with van der Waals surface area (Å²) in [6.07, 6.45) is 1.89. The van der Waals surface area contributed by atoms with Gasteiger partial charge >= 0.3 is 0 Å². The predicted octanol–water partition coefficient (Wildman–Crippen LogP) is 5.87. The molecule has 1 N–H and O–H groups in total. The molecule has 1 unspecified atom stereocenters. The Bertz CT molecular complexity index is 871. The van der Waals surface area contributed by atoms with Crippen LogP contribution >= 0.6 is 35.0 Å². The third kappa shape index (κ3) is 8.06. The summed E-state index contributed by atoms with van der Waals surface area (Å²) in [5.74, 6) is 0.703. The van der Waals surface area contributed by atoms with E-state index in [0.717, 1.165) is 18.6 Å². The molecule has 0 aromatic heterocycles. The van der Waals surface area contributed by atoms with Crippen molar-refractivity contribution >= 4 is 46.8 Å². The number of carbonyl (C=O) groups is 2. The third-order valence-electron chi connectivity index (χ3n) is 4.96. The lowest BCUT2D eigenvalue weighted by Crippen LogP contribution is -2.48. The van der Waals surface area contributed by atoms with Gasteiger partial charge in [-0.05, 0) is 38.0 Å². The van der Waals surface area contributed by atoms with Crippen molar-refractivity contribution in [3.8, 4) is 0 Å². The van der Waals surface area contributed by atoms with E-state index in [1.165, 1.54) is 22.9 Å². The van der Waals surface area contributed by atoms with Gasteiger partial charge in [-0.25, -0.2) is 0 Å². The second-order valence-corrected chi connectivity index (χ2v) is 9.32.